The van der Waals surface area contributed by atoms with E-state index in [0.29, 0.717) is 30.1 Å². The first-order chi connectivity index (χ1) is 27.1. The Morgan fingerprint density at radius 1 is 0.915 bits per heavy atom. The third kappa shape index (κ3) is 10.8. The van der Waals surface area contributed by atoms with Crippen molar-refractivity contribution in [3.8, 4) is 11.5 Å². The molecule has 1 aromatic rings. The van der Waals surface area contributed by atoms with E-state index in [-0.39, 0.29) is 41.7 Å². The molecule has 59 heavy (non-hydrogen) atoms. The molecule has 3 aliphatic carbocycles. The van der Waals surface area contributed by atoms with Crippen molar-refractivity contribution in [3.05, 3.63) is 23.3 Å². The molecule has 2 heterocycles. The van der Waals surface area contributed by atoms with E-state index >= 15 is 0 Å². The van der Waals surface area contributed by atoms with Gasteiger partial charge < -0.3 is 53.6 Å². The van der Waals surface area contributed by atoms with Crippen molar-refractivity contribution in [2.45, 2.75) is 162 Å². The number of likely N-dealkylation sites (tertiary alicyclic amines) is 1. The molecule has 328 valence electrons. The monoisotopic (exact) mass is 829 g/mol. The van der Waals surface area contributed by atoms with E-state index in [9.17, 15) is 29.1 Å². The summed E-state index contributed by atoms with van der Waals surface area (Å²) in [7, 11) is -0.503. The number of hydrogen-bond acceptors (Lipinski definition) is 13. The van der Waals surface area contributed by atoms with E-state index in [0.717, 1.165) is 12.8 Å². The van der Waals surface area contributed by atoms with E-state index in [1.54, 1.807) is 74.4 Å². The molecule has 6 rings (SSSR count). The average Bonchev–Trinajstić information content (AvgIpc) is 3.41. The van der Waals surface area contributed by atoms with Crippen molar-refractivity contribution < 1.29 is 62.1 Å². The van der Waals surface area contributed by atoms with Crippen molar-refractivity contribution in [1.29, 1.82) is 0 Å². The van der Waals surface area contributed by atoms with Crippen LogP contribution in [0.25, 0.3) is 0 Å². The van der Waals surface area contributed by atoms with Gasteiger partial charge in [0.25, 0.3) is 0 Å². The Hall–Kier alpha value is -4.09. The van der Waals surface area contributed by atoms with Crippen LogP contribution in [0.1, 0.15) is 119 Å². The molecule has 17 heteroatoms. The highest BCUT2D eigenvalue weighted by Crippen LogP contribution is 2.65. The predicted molar refractivity (Wildman–Crippen MR) is 216 cm³/mol. The number of aliphatic hydroxyl groups is 1. The maximum Gasteiger partial charge on any atom is 0.514 e. The second kappa shape index (κ2) is 16.8. The maximum absolute atomic E-state index is 14.0. The zero-order chi connectivity index (χ0) is 44.0. The van der Waals surface area contributed by atoms with Crippen LogP contribution in [0.4, 0.5) is 9.59 Å². The third-order valence-electron chi connectivity index (χ3n) is 11.4. The van der Waals surface area contributed by atoms with E-state index in [1.165, 1.54) is 11.8 Å². The topological polar surface area (TPSA) is 197 Å². The van der Waals surface area contributed by atoms with E-state index in [2.05, 4.69) is 31.4 Å². The summed E-state index contributed by atoms with van der Waals surface area (Å²) in [6.45, 7) is 22.9. The number of benzene rings is 1. The molecule has 16 nitrogen and oxygen atoms in total. The second-order valence-electron chi connectivity index (χ2n) is 20.0. The Balaban J connectivity index is 1.31. The van der Waals surface area contributed by atoms with Crippen molar-refractivity contribution in [2.24, 2.45) is 17.3 Å². The molecule has 0 aromatic heterocycles. The number of rotatable bonds is 12. The quantitative estimate of drug-likeness (QED) is 0.108. The first kappa shape index (κ1) is 46.0. The van der Waals surface area contributed by atoms with Gasteiger partial charge in [0.15, 0.2) is 5.75 Å². The van der Waals surface area contributed by atoms with Gasteiger partial charge in [0.1, 0.15) is 46.3 Å². The van der Waals surface area contributed by atoms with Gasteiger partial charge in [-0.25, -0.2) is 14.4 Å². The van der Waals surface area contributed by atoms with E-state index < -0.39 is 84.3 Å². The molecule has 5 fully saturated rings. The largest absolute Gasteiger partial charge is 0.514 e. The lowest BCUT2D eigenvalue weighted by molar-refractivity contribution is -0.199. The van der Waals surface area contributed by atoms with Crippen LogP contribution < -0.4 is 20.1 Å². The Morgan fingerprint density at radius 2 is 1.54 bits per heavy atom. The first-order valence-electron chi connectivity index (χ1n) is 20.6. The second-order valence-corrected chi connectivity index (χ2v) is 20.0. The van der Waals surface area contributed by atoms with Crippen LogP contribution in [0.2, 0.25) is 6.32 Å². The number of esters is 1. The molecule has 3 amide bonds. The van der Waals surface area contributed by atoms with Gasteiger partial charge in [-0.2, -0.15) is 0 Å². The molecule has 5 aliphatic rings. The summed E-state index contributed by atoms with van der Waals surface area (Å²) in [5, 5.41) is 14.5. The number of alkyl carbamates (subject to hydrolysis) is 1. The average molecular weight is 830 g/mol. The Bertz CT molecular complexity index is 1780. The number of ether oxygens (including phenoxy) is 5. The lowest BCUT2D eigenvalue weighted by Crippen LogP contribution is -2.65. The zero-order valence-electron chi connectivity index (χ0n) is 36.9. The minimum absolute atomic E-state index is 0.0123. The van der Waals surface area contributed by atoms with Crippen LogP contribution in [0.5, 0.6) is 11.5 Å². The lowest BCUT2D eigenvalue weighted by atomic mass is 9.43. The molecule has 0 spiro atoms. The fraction of sp³-hybridized carbons (Fsp3) is 0.738. The predicted octanol–water partition coefficient (Wildman–Crippen LogP) is 5.21. The SMILES string of the molecule is C[C@@H](NC(=O)[C@@H](CO)NC(=O)OC(C)(C)C)C(=O)N1CC(Oc2ccc(CCB3O[C@@H]4C[C@@H]5C[C@@H](C5(C)C)[C@]4(C)O3)c(OC(=O)OC(C)(C)C)c2C(=O)OC(C)(C)C)C1. The molecule has 2 aliphatic heterocycles. The van der Waals surface area contributed by atoms with Crippen LogP contribution in [-0.2, 0) is 39.5 Å². The number of carbonyl (C=O) groups excluding carboxylic acids is 5. The molecule has 6 atom stereocenters. The van der Waals surface area contributed by atoms with E-state index in [1.807, 2.05) is 0 Å². The number of aryl methyl sites for hydroxylation is 1. The highest BCUT2D eigenvalue weighted by molar-refractivity contribution is 6.45. The molecule has 3 N–H and O–H groups in total. The molecule has 0 radical (unpaired) electrons. The summed E-state index contributed by atoms with van der Waals surface area (Å²) in [5.74, 6) is -1.01. The van der Waals surface area contributed by atoms with Gasteiger partial charge in [-0.3, -0.25) is 9.59 Å². The normalized spacial score (nSPS) is 24.7. The Labute approximate surface area is 348 Å². The minimum Gasteiger partial charge on any atom is -0.486 e. The Kier molecular flexibility index (Phi) is 13.1. The molecule has 2 bridgehead atoms. The third-order valence-corrected chi connectivity index (χ3v) is 11.4. The van der Waals surface area contributed by atoms with Gasteiger partial charge in [0, 0.05) is 0 Å². The van der Waals surface area contributed by atoms with Gasteiger partial charge in [0.2, 0.25) is 11.8 Å². The minimum atomic E-state index is -1.34. The van der Waals surface area contributed by atoms with Gasteiger partial charge in [-0.1, -0.05) is 19.9 Å². The van der Waals surface area contributed by atoms with Gasteiger partial charge in [-0.05, 0) is 131 Å². The number of carbonyl (C=O) groups is 5. The number of hydrogen-bond donors (Lipinski definition) is 3. The van der Waals surface area contributed by atoms with Crippen LogP contribution in [0.3, 0.4) is 0 Å². The Morgan fingerprint density at radius 3 is 2.12 bits per heavy atom. The molecular weight excluding hydrogens is 765 g/mol. The zero-order valence-corrected chi connectivity index (χ0v) is 36.9. The van der Waals surface area contributed by atoms with Crippen molar-refractivity contribution in [3.63, 3.8) is 0 Å². The summed E-state index contributed by atoms with van der Waals surface area (Å²) in [5.41, 5.74) is -2.46. The van der Waals surface area contributed by atoms with Crippen molar-refractivity contribution >= 4 is 37.2 Å². The maximum atomic E-state index is 14.0. The van der Waals surface area contributed by atoms with E-state index in [4.69, 9.17) is 33.0 Å². The standard InChI is InChI=1S/C42H64BN3O13/c1-23(44-33(48)27(22-47)45-36(51)56-39(5,6)7)34(49)46-20-26(21-46)53-28-15-14-24(16-17-43-58-30-19-25-18-29(41(25,11)12)42(30,13)59-43)32(54-37(52)57-40(8,9)10)31(28)35(50)55-38(2,3)4/h14-15,23,25-27,29-30,47H,16-22H2,1-13H3,(H,44,48)(H,45,51)/t23-,25+,27-,29+,30-,42+/m1/s1. The molecule has 2 saturated heterocycles. The number of nitrogens with one attached hydrogen (secondary N) is 2. The number of amides is 3. The summed E-state index contributed by atoms with van der Waals surface area (Å²) in [6.07, 6.45) is 0.294. The molecule has 3 saturated carbocycles. The van der Waals surface area contributed by atoms with Crippen molar-refractivity contribution in [1.82, 2.24) is 15.5 Å². The summed E-state index contributed by atoms with van der Waals surface area (Å²) < 4.78 is 41.8. The summed E-state index contributed by atoms with van der Waals surface area (Å²) >= 11 is 0. The first-order valence-corrected chi connectivity index (χ1v) is 20.6. The molecule has 0 unspecified atom stereocenters. The fourth-order valence-corrected chi connectivity index (χ4v) is 8.41. The smallest absolute Gasteiger partial charge is 0.486 e. The van der Waals surface area contributed by atoms with Gasteiger partial charge in [0.05, 0.1) is 31.4 Å². The summed E-state index contributed by atoms with van der Waals surface area (Å²) in [6, 6.07) is 0.975. The van der Waals surface area contributed by atoms with Gasteiger partial charge in [-0.15, -0.1) is 0 Å². The van der Waals surface area contributed by atoms with Crippen LogP contribution >= 0.6 is 0 Å². The summed E-state index contributed by atoms with van der Waals surface area (Å²) in [4.78, 5) is 67.0. The van der Waals surface area contributed by atoms with Crippen LogP contribution in [-0.4, -0.2) is 114 Å². The number of nitrogens with zero attached hydrogens (tertiary/aromatic N) is 1. The fourth-order valence-electron chi connectivity index (χ4n) is 8.41. The van der Waals surface area contributed by atoms with Crippen LogP contribution in [0.15, 0.2) is 12.1 Å². The van der Waals surface area contributed by atoms with Crippen LogP contribution in [0, 0.1) is 17.3 Å². The molecular formula is C42H64BN3O13. The highest BCUT2D eigenvalue weighted by atomic mass is 16.7. The van der Waals surface area contributed by atoms with Crippen molar-refractivity contribution in [2.75, 3.05) is 19.7 Å². The highest BCUT2D eigenvalue weighted by Gasteiger charge is 2.67. The lowest BCUT2D eigenvalue weighted by Gasteiger charge is -2.64. The molecule has 1 aromatic carbocycles. The van der Waals surface area contributed by atoms with Gasteiger partial charge >= 0.3 is 25.3 Å². The number of aliphatic hydroxyl groups excluding tert-OH is 1.